The highest BCUT2D eigenvalue weighted by Gasteiger charge is 2.14. The number of hydrogen-bond donors (Lipinski definition) is 1. The molecule has 0 aliphatic heterocycles. The maximum Gasteiger partial charge on any atom is 0.293 e. The average molecular weight is 337 g/mol. The van der Waals surface area contributed by atoms with Crippen LogP contribution in [0.3, 0.4) is 0 Å². The molecule has 0 aromatic heterocycles. The van der Waals surface area contributed by atoms with E-state index in [4.69, 9.17) is 21.1 Å². The molecular formula is C16H17ClN2O4. The molecule has 2 rings (SSSR count). The minimum atomic E-state index is -0.464. The number of nitrogens with zero attached hydrogens (tertiary/aromatic N) is 1. The second-order valence-corrected chi connectivity index (χ2v) is 5.13. The summed E-state index contributed by atoms with van der Waals surface area (Å²) in [7, 11) is 1.58. The Labute approximate surface area is 139 Å². The number of ether oxygens (including phenoxy) is 2. The lowest BCUT2D eigenvalue weighted by Gasteiger charge is -2.12. The summed E-state index contributed by atoms with van der Waals surface area (Å²) >= 11 is 5.80. The molecule has 0 atom stereocenters. The van der Waals surface area contributed by atoms with Gasteiger partial charge in [-0.3, -0.25) is 10.1 Å². The Kier molecular flexibility index (Phi) is 5.65. The summed E-state index contributed by atoms with van der Waals surface area (Å²) in [6, 6.07) is 10.0. The van der Waals surface area contributed by atoms with E-state index < -0.39 is 4.92 Å². The van der Waals surface area contributed by atoms with Gasteiger partial charge in [0.25, 0.3) is 5.69 Å². The number of halogens is 1. The van der Waals surface area contributed by atoms with Crippen molar-refractivity contribution in [3.05, 3.63) is 57.1 Å². The predicted octanol–water partition coefficient (Wildman–Crippen LogP) is 4.27. The summed E-state index contributed by atoms with van der Waals surface area (Å²) < 4.78 is 10.7. The van der Waals surface area contributed by atoms with Crippen LogP contribution in [0.2, 0.25) is 5.02 Å². The van der Waals surface area contributed by atoms with Crippen LogP contribution in [-0.2, 0) is 6.54 Å². The third kappa shape index (κ3) is 4.26. The topological polar surface area (TPSA) is 73.6 Å². The average Bonchev–Trinajstić information content (AvgIpc) is 2.54. The zero-order valence-electron chi connectivity index (χ0n) is 12.8. The molecule has 0 spiro atoms. The van der Waals surface area contributed by atoms with Crippen molar-refractivity contribution in [1.82, 2.24) is 0 Å². The molecule has 2 aromatic rings. The van der Waals surface area contributed by atoms with Crippen molar-refractivity contribution in [2.24, 2.45) is 0 Å². The molecule has 0 heterocycles. The lowest BCUT2D eigenvalue weighted by molar-refractivity contribution is -0.383. The van der Waals surface area contributed by atoms with Gasteiger partial charge in [0.15, 0.2) is 11.5 Å². The first kappa shape index (κ1) is 16.9. The van der Waals surface area contributed by atoms with Crippen LogP contribution < -0.4 is 14.8 Å². The summed E-state index contributed by atoms with van der Waals surface area (Å²) in [4.78, 5) is 10.6. The Balaban J connectivity index is 2.18. The molecule has 0 aliphatic rings. The van der Waals surface area contributed by atoms with E-state index in [1.165, 1.54) is 6.07 Å². The summed E-state index contributed by atoms with van der Waals surface area (Å²) in [5.74, 6) is 1.29. The van der Waals surface area contributed by atoms with Crippen LogP contribution in [0.25, 0.3) is 0 Å². The number of nitrogens with one attached hydrogen (secondary N) is 1. The van der Waals surface area contributed by atoms with Gasteiger partial charge in [-0.1, -0.05) is 17.7 Å². The molecule has 0 saturated heterocycles. The first-order valence-corrected chi connectivity index (χ1v) is 7.40. The van der Waals surface area contributed by atoms with E-state index in [1.807, 2.05) is 19.1 Å². The van der Waals surface area contributed by atoms with Crippen molar-refractivity contribution in [2.75, 3.05) is 19.0 Å². The SMILES string of the molecule is CCOc1cc(CNc2ccc(Cl)cc2[N+](=O)[O-])ccc1OC. The molecular weight excluding hydrogens is 320 g/mol. The quantitative estimate of drug-likeness (QED) is 0.603. The van der Waals surface area contributed by atoms with Gasteiger partial charge >= 0.3 is 0 Å². The van der Waals surface area contributed by atoms with Crippen molar-refractivity contribution in [2.45, 2.75) is 13.5 Å². The molecule has 0 aliphatic carbocycles. The summed E-state index contributed by atoms with van der Waals surface area (Å²) in [6.07, 6.45) is 0. The summed E-state index contributed by atoms with van der Waals surface area (Å²) in [5, 5.41) is 14.5. The largest absolute Gasteiger partial charge is 0.493 e. The minimum Gasteiger partial charge on any atom is -0.493 e. The van der Waals surface area contributed by atoms with Gasteiger partial charge in [-0.15, -0.1) is 0 Å². The van der Waals surface area contributed by atoms with Crippen LogP contribution in [0.5, 0.6) is 11.5 Å². The monoisotopic (exact) mass is 336 g/mol. The summed E-state index contributed by atoms with van der Waals surface area (Å²) in [6.45, 7) is 2.82. The fourth-order valence-corrected chi connectivity index (χ4v) is 2.27. The third-order valence-electron chi connectivity index (χ3n) is 3.17. The van der Waals surface area contributed by atoms with E-state index in [2.05, 4.69) is 5.32 Å². The third-order valence-corrected chi connectivity index (χ3v) is 3.40. The molecule has 2 aromatic carbocycles. The molecule has 122 valence electrons. The molecule has 1 N–H and O–H groups in total. The van der Waals surface area contributed by atoms with Crippen LogP contribution in [-0.4, -0.2) is 18.6 Å². The highest BCUT2D eigenvalue weighted by molar-refractivity contribution is 6.30. The molecule has 0 unspecified atom stereocenters. The van der Waals surface area contributed by atoms with Gasteiger partial charge in [-0.2, -0.15) is 0 Å². The highest BCUT2D eigenvalue weighted by atomic mass is 35.5. The van der Waals surface area contributed by atoms with Crippen molar-refractivity contribution in [3.8, 4) is 11.5 Å². The molecule has 6 nitrogen and oxygen atoms in total. The van der Waals surface area contributed by atoms with Crippen LogP contribution >= 0.6 is 11.6 Å². The first-order valence-electron chi connectivity index (χ1n) is 7.02. The normalized spacial score (nSPS) is 10.2. The van der Waals surface area contributed by atoms with Gasteiger partial charge in [-0.25, -0.2) is 0 Å². The number of rotatable bonds is 7. The van der Waals surface area contributed by atoms with Crippen LogP contribution in [0.1, 0.15) is 12.5 Å². The molecule has 0 radical (unpaired) electrons. The Hall–Kier alpha value is -2.47. The van der Waals surface area contributed by atoms with Crippen LogP contribution in [0, 0.1) is 10.1 Å². The van der Waals surface area contributed by atoms with E-state index in [9.17, 15) is 10.1 Å². The van der Waals surface area contributed by atoms with E-state index in [0.717, 1.165) is 5.56 Å². The number of methoxy groups -OCH3 is 1. The highest BCUT2D eigenvalue weighted by Crippen LogP contribution is 2.30. The van der Waals surface area contributed by atoms with E-state index >= 15 is 0 Å². The smallest absolute Gasteiger partial charge is 0.293 e. The maximum absolute atomic E-state index is 11.1. The second-order valence-electron chi connectivity index (χ2n) is 4.69. The molecule has 0 saturated carbocycles. The first-order chi connectivity index (χ1) is 11.0. The predicted molar refractivity (Wildman–Crippen MR) is 89.6 cm³/mol. The van der Waals surface area contributed by atoms with Crippen LogP contribution in [0.4, 0.5) is 11.4 Å². The van der Waals surface area contributed by atoms with Crippen molar-refractivity contribution in [3.63, 3.8) is 0 Å². The molecule has 0 fully saturated rings. The molecule has 0 bridgehead atoms. The van der Waals surface area contributed by atoms with Gasteiger partial charge in [0.05, 0.1) is 18.6 Å². The van der Waals surface area contributed by atoms with Crippen molar-refractivity contribution < 1.29 is 14.4 Å². The van der Waals surface area contributed by atoms with Gasteiger partial charge < -0.3 is 14.8 Å². The number of nitro groups is 1. The van der Waals surface area contributed by atoms with Gasteiger partial charge in [-0.05, 0) is 36.8 Å². The van der Waals surface area contributed by atoms with E-state index in [0.29, 0.717) is 35.4 Å². The number of hydrogen-bond acceptors (Lipinski definition) is 5. The zero-order valence-corrected chi connectivity index (χ0v) is 13.6. The standard InChI is InChI=1S/C16H17ClN2O4/c1-3-23-16-8-11(4-7-15(16)22-2)10-18-13-6-5-12(17)9-14(13)19(20)21/h4-9,18H,3,10H2,1-2H3. The lowest BCUT2D eigenvalue weighted by atomic mass is 10.2. The molecule has 7 heteroatoms. The van der Waals surface area contributed by atoms with E-state index in [-0.39, 0.29) is 5.69 Å². The fourth-order valence-electron chi connectivity index (χ4n) is 2.10. The Morgan fingerprint density at radius 3 is 2.65 bits per heavy atom. The summed E-state index contributed by atoms with van der Waals surface area (Å²) in [5.41, 5.74) is 1.27. The molecule has 23 heavy (non-hydrogen) atoms. The number of benzene rings is 2. The number of anilines is 1. The minimum absolute atomic E-state index is 0.0592. The van der Waals surface area contributed by atoms with E-state index in [1.54, 1.807) is 25.3 Å². The van der Waals surface area contributed by atoms with Crippen molar-refractivity contribution in [1.29, 1.82) is 0 Å². The molecule has 0 amide bonds. The number of nitro benzene ring substituents is 1. The Bertz CT molecular complexity index is 706. The Morgan fingerprint density at radius 2 is 2.00 bits per heavy atom. The second kappa shape index (κ2) is 7.69. The van der Waals surface area contributed by atoms with Gasteiger partial charge in [0.1, 0.15) is 5.69 Å². The van der Waals surface area contributed by atoms with Crippen LogP contribution in [0.15, 0.2) is 36.4 Å². The Morgan fingerprint density at radius 1 is 1.22 bits per heavy atom. The van der Waals surface area contributed by atoms with Gasteiger partial charge in [0.2, 0.25) is 0 Å². The van der Waals surface area contributed by atoms with Gasteiger partial charge in [0, 0.05) is 17.6 Å². The fraction of sp³-hybridized carbons (Fsp3) is 0.250. The maximum atomic E-state index is 11.1. The zero-order chi connectivity index (χ0) is 16.8. The lowest BCUT2D eigenvalue weighted by Crippen LogP contribution is -2.03. The van der Waals surface area contributed by atoms with Crippen molar-refractivity contribution >= 4 is 23.0 Å².